The summed E-state index contributed by atoms with van der Waals surface area (Å²) in [6.07, 6.45) is 4.13. The molecule has 6 heteroatoms. The maximum Gasteiger partial charge on any atom is 0.336 e. The van der Waals surface area contributed by atoms with Gasteiger partial charge in [-0.15, -0.1) is 0 Å². The smallest absolute Gasteiger partial charge is 0.336 e. The third-order valence-corrected chi connectivity index (χ3v) is 5.28. The molecule has 0 bridgehead atoms. The number of fused-ring (bicyclic) bond motifs is 1. The van der Waals surface area contributed by atoms with Gasteiger partial charge in [0.25, 0.3) is 0 Å². The fourth-order valence-corrected chi connectivity index (χ4v) is 3.87. The molecule has 1 N–H and O–H groups in total. The van der Waals surface area contributed by atoms with E-state index in [4.69, 9.17) is 8.83 Å². The van der Waals surface area contributed by atoms with Crippen LogP contribution < -0.4 is 10.9 Å². The van der Waals surface area contributed by atoms with E-state index in [1.54, 1.807) is 6.26 Å². The Balaban J connectivity index is 1.48. The van der Waals surface area contributed by atoms with Gasteiger partial charge in [-0.05, 0) is 62.2 Å². The van der Waals surface area contributed by atoms with Crippen LogP contribution in [0.25, 0.3) is 11.0 Å². The van der Waals surface area contributed by atoms with E-state index in [0.29, 0.717) is 17.7 Å². The molecule has 1 unspecified atom stereocenters. The molecular weight excluding hydrogens is 356 g/mol. The average Bonchev–Trinajstić information content (AvgIpc) is 3.36. The van der Waals surface area contributed by atoms with Crippen LogP contribution in [-0.4, -0.2) is 30.4 Å². The molecule has 0 spiro atoms. The first kappa shape index (κ1) is 18.5. The van der Waals surface area contributed by atoms with Crippen LogP contribution in [0.3, 0.4) is 0 Å². The summed E-state index contributed by atoms with van der Waals surface area (Å²) in [4.78, 5) is 26.8. The molecule has 28 heavy (non-hydrogen) atoms. The summed E-state index contributed by atoms with van der Waals surface area (Å²) in [7, 11) is 0. The van der Waals surface area contributed by atoms with Gasteiger partial charge in [-0.25, -0.2) is 4.79 Å². The second-order valence-corrected chi connectivity index (χ2v) is 7.35. The van der Waals surface area contributed by atoms with Gasteiger partial charge in [-0.2, -0.15) is 0 Å². The van der Waals surface area contributed by atoms with Gasteiger partial charge in [0.2, 0.25) is 5.91 Å². The van der Waals surface area contributed by atoms with Crippen LogP contribution in [0, 0.1) is 6.92 Å². The minimum absolute atomic E-state index is 0.0293. The fourth-order valence-electron chi connectivity index (χ4n) is 3.87. The number of likely N-dealkylation sites (tertiary alicyclic amines) is 1. The van der Waals surface area contributed by atoms with Crippen LogP contribution >= 0.6 is 0 Å². The van der Waals surface area contributed by atoms with E-state index in [1.165, 1.54) is 6.07 Å². The van der Waals surface area contributed by atoms with Gasteiger partial charge in [-0.3, -0.25) is 9.69 Å². The molecule has 1 aliphatic rings. The summed E-state index contributed by atoms with van der Waals surface area (Å²) in [6, 6.07) is 10.9. The fraction of sp³-hybridized carbons (Fsp3) is 0.364. The SMILES string of the molecule is Cc1ccc2c(CC(=O)NCC(c3ccco3)N3CCCC3)cc(=O)oc2c1. The van der Waals surface area contributed by atoms with Gasteiger partial charge in [0.15, 0.2) is 0 Å². The number of hydrogen-bond donors (Lipinski definition) is 1. The van der Waals surface area contributed by atoms with Gasteiger partial charge < -0.3 is 14.2 Å². The van der Waals surface area contributed by atoms with Crippen LogP contribution in [0.4, 0.5) is 0 Å². The maximum absolute atomic E-state index is 12.6. The number of benzene rings is 1. The minimum atomic E-state index is -0.438. The Morgan fingerprint density at radius 2 is 2.04 bits per heavy atom. The number of carbonyl (C=O) groups is 1. The predicted octanol–water partition coefficient (Wildman–Crippen LogP) is 3.19. The summed E-state index contributed by atoms with van der Waals surface area (Å²) in [5, 5.41) is 3.81. The number of carbonyl (C=O) groups excluding carboxylic acids is 1. The van der Waals surface area contributed by atoms with E-state index >= 15 is 0 Å². The molecule has 4 rings (SSSR count). The molecule has 1 aromatic carbocycles. The number of hydrogen-bond acceptors (Lipinski definition) is 5. The Labute approximate surface area is 163 Å². The van der Waals surface area contributed by atoms with Crippen LogP contribution in [0.2, 0.25) is 0 Å². The summed E-state index contributed by atoms with van der Waals surface area (Å²) in [5.41, 5.74) is 1.76. The zero-order chi connectivity index (χ0) is 19.5. The third kappa shape index (κ3) is 4.02. The zero-order valence-electron chi connectivity index (χ0n) is 15.9. The molecule has 0 aliphatic carbocycles. The highest BCUT2D eigenvalue weighted by molar-refractivity contribution is 5.87. The molecule has 1 amide bonds. The molecule has 1 aliphatic heterocycles. The molecule has 2 aromatic heterocycles. The number of furan rings is 1. The minimum Gasteiger partial charge on any atom is -0.468 e. The largest absolute Gasteiger partial charge is 0.468 e. The van der Waals surface area contributed by atoms with E-state index in [2.05, 4.69) is 10.2 Å². The van der Waals surface area contributed by atoms with E-state index in [-0.39, 0.29) is 18.4 Å². The van der Waals surface area contributed by atoms with Crippen LogP contribution in [0.1, 0.15) is 35.8 Å². The molecule has 0 radical (unpaired) electrons. The lowest BCUT2D eigenvalue weighted by molar-refractivity contribution is -0.120. The van der Waals surface area contributed by atoms with Gasteiger partial charge in [0, 0.05) is 18.0 Å². The van der Waals surface area contributed by atoms with Crippen molar-refractivity contribution < 1.29 is 13.6 Å². The van der Waals surface area contributed by atoms with Crippen molar-refractivity contribution >= 4 is 16.9 Å². The number of rotatable bonds is 6. The molecular formula is C22H24N2O4. The van der Waals surface area contributed by atoms with Gasteiger partial charge in [0.1, 0.15) is 11.3 Å². The Morgan fingerprint density at radius 3 is 2.79 bits per heavy atom. The van der Waals surface area contributed by atoms with Crippen molar-refractivity contribution in [2.45, 2.75) is 32.2 Å². The zero-order valence-corrected chi connectivity index (χ0v) is 15.9. The predicted molar refractivity (Wildman–Crippen MR) is 106 cm³/mol. The maximum atomic E-state index is 12.6. The Bertz CT molecular complexity index is 1020. The van der Waals surface area contributed by atoms with E-state index in [9.17, 15) is 9.59 Å². The van der Waals surface area contributed by atoms with Crippen molar-refractivity contribution in [2.24, 2.45) is 0 Å². The van der Waals surface area contributed by atoms with E-state index < -0.39 is 5.63 Å². The lowest BCUT2D eigenvalue weighted by Crippen LogP contribution is -2.37. The molecule has 1 saturated heterocycles. The normalized spacial score (nSPS) is 15.8. The molecule has 1 atom stereocenters. The highest BCUT2D eigenvalue weighted by atomic mass is 16.4. The first-order valence-corrected chi connectivity index (χ1v) is 9.68. The quantitative estimate of drug-likeness (QED) is 0.665. The van der Waals surface area contributed by atoms with Crippen molar-refractivity contribution in [3.8, 4) is 0 Å². The summed E-state index contributed by atoms with van der Waals surface area (Å²) >= 11 is 0. The first-order valence-electron chi connectivity index (χ1n) is 9.68. The average molecular weight is 380 g/mol. The van der Waals surface area contributed by atoms with Crippen LogP contribution in [-0.2, 0) is 11.2 Å². The lowest BCUT2D eigenvalue weighted by atomic mass is 10.1. The number of nitrogens with one attached hydrogen (secondary N) is 1. The van der Waals surface area contributed by atoms with Crippen molar-refractivity contribution in [1.29, 1.82) is 0 Å². The second-order valence-electron chi connectivity index (χ2n) is 7.35. The van der Waals surface area contributed by atoms with E-state index in [0.717, 1.165) is 42.6 Å². The van der Waals surface area contributed by atoms with Gasteiger partial charge >= 0.3 is 5.63 Å². The lowest BCUT2D eigenvalue weighted by Gasteiger charge is -2.26. The summed E-state index contributed by atoms with van der Waals surface area (Å²) < 4.78 is 10.9. The molecule has 1 fully saturated rings. The molecule has 3 aromatic rings. The Kier molecular flexibility index (Phi) is 5.30. The van der Waals surface area contributed by atoms with Crippen molar-refractivity contribution in [2.75, 3.05) is 19.6 Å². The standard InChI is InChI=1S/C22H24N2O4/c1-15-6-7-17-16(13-22(26)28-20(17)11-15)12-21(25)23-14-18(19-5-4-10-27-19)24-8-2-3-9-24/h4-7,10-11,13,18H,2-3,8-9,12,14H2,1H3,(H,23,25). The second kappa shape index (κ2) is 8.02. The van der Waals surface area contributed by atoms with Crippen molar-refractivity contribution in [3.05, 3.63) is 70.0 Å². The molecule has 6 nitrogen and oxygen atoms in total. The van der Waals surface area contributed by atoms with Gasteiger partial charge in [0.05, 0.1) is 18.7 Å². The molecule has 0 saturated carbocycles. The first-order chi connectivity index (χ1) is 13.6. The monoisotopic (exact) mass is 380 g/mol. The summed E-state index contributed by atoms with van der Waals surface area (Å²) in [6.45, 7) is 4.42. The van der Waals surface area contributed by atoms with E-state index in [1.807, 2.05) is 37.3 Å². The number of amides is 1. The van der Waals surface area contributed by atoms with Crippen LogP contribution in [0.15, 0.2) is 56.3 Å². The summed E-state index contributed by atoms with van der Waals surface area (Å²) in [5.74, 6) is 0.742. The highest BCUT2D eigenvalue weighted by Gasteiger charge is 2.26. The number of nitrogens with zero attached hydrogens (tertiary/aromatic N) is 1. The van der Waals surface area contributed by atoms with Crippen LogP contribution in [0.5, 0.6) is 0 Å². The number of aryl methyl sites for hydroxylation is 1. The topological polar surface area (TPSA) is 75.7 Å². The van der Waals surface area contributed by atoms with Gasteiger partial charge in [-0.1, -0.05) is 12.1 Å². The highest BCUT2D eigenvalue weighted by Crippen LogP contribution is 2.25. The van der Waals surface area contributed by atoms with Crippen molar-refractivity contribution in [1.82, 2.24) is 10.2 Å². The third-order valence-electron chi connectivity index (χ3n) is 5.28. The molecule has 3 heterocycles. The Morgan fingerprint density at radius 1 is 1.21 bits per heavy atom. The van der Waals surface area contributed by atoms with Crippen molar-refractivity contribution in [3.63, 3.8) is 0 Å². The Hall–Kier alpha value is -2.86. The molecule has 146 valence electrons.